The Morgan fingerprint density at radius 1 is 1.46 bits per heavy atom. The molecule has 0 aromatic heterocycles. The molecular formula is C7H13N3O3. The summed E-state index contributed by atoms with van der Waals surface area (Å²) < 4.78 is 0. The fraction of sp³-hybridized carbons (Fsp3) is 0.714. The van der Waals surface area contributed by atoms with E-state index in [2.05, 4.69) is 10.6 Å². The van der Waals surface area contributed by atoms with Crippen LogP contribution in [0.1, 0.15) is 6.42 Å². The molecule has 0 saturated heterocycles. The van der Waals surface area contributed by atoms with Gasteiger partial charge >= 0.3 is 0 Å². The summed E-state index contributed by atoms with van der Waals surface area (Å²) in [5.41, 5.74) is 5.01. The maximum absolute atomic E-state index is 11.0. The van der Waals surface area contributed by atoms with Crippen LogP contribution in [0.15, 0.2) is 0 Å². The van der Waals surface area contributed by atoms with Crippen molar-refractivity contribution in [1.29, 1.82) is 0 Å². The number of rotatable bonds is 4. The smallest absolute Gasteiger partial charge is 0.239 e. The van der Waals surface area contributed by atoms with Crippen LogP contribution in [-0.4, -0.2) is 42.2 Å². The quantitative estimate of drug-likeness (QED) is 0.384. The van der Waals surface area contributed by atoms with Gasteiger partial charge in [-0.1, -0.05) is 0 Å². The molecule has 0 unspecified atom stereocenters. The maximum Gasteiger partial charge on any atom is 0.239 e. The van der Waals surface area contributed by atoms with Crippen molar-refractivity contribution in [1.82, 2.24) is 10.6 Å². The molecule has 0 aromatic carbocycles. The third-order valence-electron chi connectivity index (χ3n) is 1.73. The fourth-order valence-electron chi connectivity index (χ4n) is 0.846. The predicted octanol–water partition coefficient (Wildman–Crippen LogP) is -2.69. The molecule has 13 heavy (non-hydrogen) atoms. The van der Waals surface area contributed by atoms with Crippen molar-refractivity contribution in [2.24, 2.45) is 5.73 Å². The Morgan fingerprint density at radius 2 is 2.08 bits per heavy atom. The summed E-state index contributed by atoms with van der Waals surface area (Å²) in [6.45, 7) is -0.210. The van der Waals surface area contributed by atoms with Crippen LogP contribution in [0.5, 0.6) is 0 Å². The Bertz CT molecular complexity index is 219. The largest absolute Gasteiger partial charge is 0.391 e. The van der Waals surface area contributed by atoms with Gasteiger partial charge in [0.05, 0.1) is 25.2 Å². The molecule has 6 nitrogen and oxygen atoms in total. The monoisotopic (exact) mass is 187 g/mol. The number of amides is 2. The Labute approximate surface area is 75.5 Å². The van der Waals surface area contributed by atoms with Crippen LogP contribution in [0.25, 0.3) is 0 Å². The second-order valence-corrected chi connectivity index (χ2v) is 2.96. The molecule has 0 bridgehead atoms. The predicted molar refractivity (Wildman–Crippen MR) is 44.6 cm³/mol. The molecule has 1 fully saturated rings. The van der Waals surface area contributed by atoms with Crippen LogP contribution in [0.3, 0.4) is 0 Å². The van der Waals surface area contributed by atoms with Gasteiger partial charge < -0.3 is 21.5 Å². The zero-order chi connectivity index (χ0) is 9.84. The highest BCUT2D eigenvalue weighted by molar-refractivity contribution is 5.85. The van der Waals surface area contributed by atoms with Gasteiger partial charge in [0.15, 0.2) is 0 Å². The van der Waals surface area contributed by atoms with Crippen molar-refractivity contribution >= 4 is 11.8 Å². The minimum Gasteiger partial charge on any atom is -0.391 e. The number of hydrogen-bond acceptors (Lipinski definition) is 4. The van der Waals surface area contributed by atoms with E-state index in [9.17, 15) is 9.59 Å². The van der Waals surface area contributed by atoms with E-state index in [0.717, 1.165) is 0 Å². The first-order valence-electron chi connectivity index (χ1n) is 4.07. The lowest BCUT2D eigenvalue weighted by atomic mass is 10.5. The van der Waals surface area contributed by atoms with Gasteiger partial charge in [0.25, 0.3) is 0 Å². The standard InChI is InChI=1S/C7H13N3O3/c8-2-6(12)9-3-7(13)10-4-1-5(4)11/h4-5,11H,1-3,8H2,(H,9,12)(H,10,13)/t4-,5-/m0/s1. The summed E-state index contributed by atoms with van der Waals surface area (Å²) in [4.78, 5) is 21.6. The molecule has 74 valence electrons. The number of aliphatic hydroxyl groups excluding tert-OH is 1. The molecule has 6 heteroatoms. The van der Waals surface area contributed by atoms with Crippen molar-refractivity contribution in [2.45, 2.75) is 18.6 Å². The van der Waals surface area contributed by atoms with Crippen molar-refractivity contribution in [3.63, 3.8) is 0 Å². The molecule has 2 atom stereocenters. The van der Waals surface area contributed by atoms with E-state index >= 15 is 0 Å². The summed E-state index contributed by atoms with van der Waals surface area (Å²) >= 11 is 0. The zero-order valence-corrected chi connectivity index (χ0v) is 7.12. The van der Waals surface area contributed by atoms with Crippen LogP contribution in [0, 0.1) is 0 Å². The Kier molecular flexibility index (Phi) is 3.21. The SMILES string of the molecule is NCC(=O)NCC(=O)N[C@H]1C[C@@H]1O. The van der Waals surface area contributed by atoms with Gasteiger partial charge in [-0.15, -0.1) is 0 Å². The van der Waals surface area contributed by atoms with Crippen LogP contribution in [0.2, 0.25) is 0 Å². The molecule has 2 amide bonds. The maximum atomic E-state index is 11.0. The number of hydrogen-bond donors (Lipinski definition) is 4. The van der Waals surface area contributed by atoms with Crippen LogP contribution in [-0.2, 0) is 9.59 Å². The van der Waals surface area contributed by atoms with Gasteiger partial charge in [0, 0.05) is 0 Å². The number of nitrogens with one attached hydrogen (secondary N) is 2. The van der Waals surface area contributed by atoms with Crippen molar-refractivity contribution in [3.8, 4) is 0 Å². The van der Waals surface area contributed by atoms with Crippen LogP contribution < -0.4 is 16.4 Å². The van der Waals surface area contributed by atoms with E-state index in [4.69, 9.17) is 10.8 Å². The molecule has 0 aliphatic heterocycles. The molecule has 0 heterocycles. The van der Waals surface area contributed by atoms with Gasteiger partial charge in [-0.25, -0.2) is 0 Å². The molecule has 0 aromatic rings. The second-order valence-electron chi connectivity index (χ2n) is 2.96. The highest BCUT2D eigenvalue weighted by atomic mass is 16.3. The van der Waals surface area contributed by atoms with Gasteiger partial charge in [-0.3, -0.25) is 9.59 Å². The molecule has 1 aliphatic rings. The molecule has 0 radical (unpaired) electrons. The summed E-state index contributed by atoms with van der Waals surface area (Å²) in [6, 6.07) is -0.137. The highest BCUT2D eigenvalue weighted by Crippen LogP contribution is 2.19. The Hall–Kier alpha value is -1.14. The minimum atomic E-state index is -0.422. The first kappa shape index (κ1) is 9.94. The third kappa shape index (κ3) is 3.39. The molecule has 1 aliphatic carbocycles. The van der Waals surface area contributed by atoms with Gasteiger partial charge in [-0.2, -0.15) is 0 Å². The molecule has 1 saturated carbocycles. The lowest BCUT2D eigenvalue weighted by Gasteiger charge is -2.04. The van der Waals surface area contributed by atoms with Crippen molar-refractivity contribution < 1.29 is 14.7 Å². The van der Waals surface area contributed by atoms with E-state index in [1.165, 1.54) is 0 Å². The van der Waals surface area contributed by atoms with E-state index < -0.39 is 6.10 Å². The van der Waals surface area contributed by atoms with Crippen LogP contribution in [0.4, 0.5) is 0 Å². The zero-order valence-electron chi connectivity index (χ0n) is 7.12. The highest BCUT2D eigenvalue weighted by Gasteiger charge is 2.36. The second kappa shape index (κ2) is 4.20. The topological polar surface area (TPSA) is 104 Å². The summed E-state index contributed by atoms with van der Waals surface area (Å²) in [6.07, 6.45) is 0.172. The lowest BCUT2D eigenvalue weighted by Crippen LogP contribution is -2.40. The molecule has 0 spiro atoms. The third-order valence-corrected chi connectivity index (χ3v) is 1.73. The van der Waals surface area contributed by atoms with E-state index in [0.29, 0.717) is 6.42 Å². The van der Waals surface area contributed by atoms with Crippen molar-refractivity contribution in [2.75, 3.05) is 13.1 Å². The van der Waals surface area contributed by atoms with Gasteiger partial charge in [0.2, 0.25) is 11.8 Å². The number of aliphatic hydroxyl groups is 1. The van der Waals surface area contributed by atoms with E-state index in [1.54, 1.807) is 0 Å². The number of nitrogens with two attached hydrogens (primary N) is 1. The summed E-state index contributed by atoms with van der Waals surface area (Å²) in [5.74, 6) is -0.671. The van der Waals surface area contributed by atoms with Crippen LogP contribution >= 0.6 is 0 Å². The average molecular weight is 187 g/mol. The van der Waals surface area contributed by atoms with E-state index in [-0.39, 0.29) is 30.9 Å². The van der Waals surface area contributed by atoms with Gasteiger partial charge in [-0.05, 0) is 6.42 Å². The lowest BCUT2D eigenvalue weighted by molar-refractivity contribution is -0.125. The van der Waals surface area contributed by atoms with Crippen molar-refractivity contribution in [3.05, 3.63) is 0 Å². The minimum absolute atomic E-state index is 0.0841. The summed E-state index contributed by atoms with van der Waals surface area (Å²) in [7, 11) is 0. The van der Waals surface area contributed by atoms with Gasteiger partial charge in [0.1, 0.15) is 0 Å². The Balaban J connectivity index is 2.07. The van der Waals surface area contributed by atoms with E-state index in [1.807, 2.05) is 0 Å². The normalized spacial score (nSPS) is 25.1. The number of carbonyl (C=O) groups excluding carboxylic acids is 2. The average Bonchev–Trinajstić information content (AvgIpc) is 2.77. The summed E-state index contributed by atoms with van der Waals surface area (Å²) in [5, 5.41) is 13.7. The first-order chi connectivity index (χ1) is 6.13. The Morgan fingerprint density at radius 3 is 2.54 bits per heavy atom. The first-order valence-corrected chi connectivity index (χ1v) is 4.07. The molecular weight excluding hydrogens is 174 g/mol. The molecule has 1 rings (SSSR count). The fourth-order valence-corrected chi connectivity index (χ4v) is 0.846. The number of carbonyl (C=O) groups is 2. The molecule has 5 N–H and O–H groups in total.